The maximum atomic E-state index is 12.5. The van der Waals surface area contributed by atoms with Gasteiger partial charge in [0.1, 0.15) is 0 Å². The smallest absolute Gasteiger partial charge is 0.231 e. The van der Waals surface area contributed by atoms with Crippen molar-refractivity contribution in [3.63, 3.8) is 0 Å². The lowest BCUT2D eigenvalue weighted by molar-refractivity contribution is -0.122. The van der Waals surface area contributed by atoms with Gasteiger partial charge in [0.05, 0.1) is 24.8 Å². The summed E-state index contributed by atoms with van der Waals surface area (Å²) in [7, 11) is 0. The van der Waals surface area contributed by atoms with E-state index in [1.54, 1.807) is 0 Å². The molecule has 2 fully saturated rings. The summed E-state index contributed by atoms with van der Waals surface area (Å²) in [5, 5.41) is 5.67. The average molecular weight is 338 g/mol. The van der Waals surface area contributed by atoms with E-state index < -0.39 is 5.54 Å². The summed E-state index contributed by atoms with van der Waals surface area (Å²) in [5.41, 5.74) is 6.91. The van der Waals surface area contributed by atoms with E-state index in [9.17, 15) is 4.79 Å². The van der Waals surface area contributed by atoms with Crippen molar-refractivity contribution in [1.29, 1.82) is 0 Å². The lowest BCUT2D eigenvalue weighted by Gasteiger charge is -2.36. The van der Waals surface area contributed by atoms with E-state index in [1.807, 2.05) is 12.3 Å². The van der Waals surface area contributed by atoms with E-state index in [2.05, 4.69) is 15.2 Å². The summed E-state index contributed by atoms with van der Waals surface area (Å²) in [6, 6.07) is 0. The van der Waals surface area contributed by atoms with Crippen LogP contribution in [-0.4, -0.2) is 47.6 Å². The molecule has 1 aromatic rings. The van der Waals surface area contributed by atoms with Gasteiger partial charge in [0, 0.05) is 30.6 Å². The van der Waals surface area contributed by atoms with Crippen molar-refractivity contribution in [2.75, 3.05) is 31.6 Å². The van der Waals surface area contributed by atoms with Gasteiger partial charge in [-0.3, -0.25) is 9.69 Å². The van der Waals surface area contributed by atoms with Crippen molar-refractivity contribution in [1.82, 2.24) is 9.88 Å². The van der Waals surface area contributed by atoms with Crippen molar-refractivity contribution in [2.24, 2.45) is 11.7 Å². The summed E-state index contributed by atoms with van der Waals surface area (Å²) in [4.78, 5) is 19.4. The highest BCUT2D eigenvalue weighted by molar-refractivity contribution is 7.13. The highest BCUT2D eigenvalue weighted by Gasteiger charge is 2.38. The summed E-state index contributed by atoms with van der Waals surface area (Å²) in [5.74, 6) is -0.107. The van der Waals surface area contributed by atoms with Crippen LogP contribution in [0, 0.1) is 5.92 Å². The number of aromatic nitrogens is 1. The van der Waals surface area contributed by atoms with E-state index in [0.29, 0.717) is 5.13 Å². The molecule has 1 aliphatic carbocycles. The zero-order valence-corrected chi connectivity index (χ0v) is 14.5. The molecule has 3 rings (SSSR count). The number of rotatable bonds is 4. The molecular formula is C16H26N4O2S. The molecule has 1 aromatic heterocycles. The van der Waals surface area contributed by atoms with Gasteiger partial charge in [-0.25, -0.2) is 4.98 Å². The minimum atomic E-state index is -0.407. The number of nitrogens with one attached hydrogen (secondary N) is 1. The third-order valence-electron chi connectivity index (χ3n) is 4.84. The summed E-state index contributed by atoms with van der Waals surface area (Å²) in [6.07, 6.45) is 3.96. The number of hydrogen-bond donors (Lipinski definition) is 2. The van der Waals surface area contributed by atoms with Gasteiger partial charge in [-0.1, -0.05) is 12.8 Å². The molecule has 0 spiro atoms. The number of nitrogens with two attached hydrogens (primary N) is 1. The molecule has 1 saturated heterocycles. The van der Waals surface area contributed by atoms with Crippen LogP contribution in [-0.2, 0) is 16.1 Å². The van der Waals surface area contributed by atoms with E-state index in [4.69, 9.17) is 10.5 Å². The molecule has 128 valence electrons. The first-order valence-corrected chi connectivity index (χ1v) is 9.27. The van der Waals surface area contributed by atoms with Crippen LogP contribution in [0.5, 0.6) is 0 Å². The first-order chi connectivity index (χ1) is 11.0. The lowest BCUT2D eigenvalue weighted by Crippen LogP contribution is -2.51. The van der Waals surface area contributed by atoms with Gasteiger partial charge in [0.15, 0.2) is 5.13 Å². The third-order valence-corrected chi connectivity index (χ3v) is 5.65. The number of ether oxygens (including phenoxy) is 1. The molecule has 2 atom stereocenters. The minimum Gasteiger partial charge on any atom is -0.379 e. The molecule has 2 aliphatic rings. The van der Waals surface area contributed by atoms with Crippen LogP contribution >= 0.6 is 11.3 Å². The Hall–Kier alpha value is -1.02. The Morgan fingerprint density at radius 3 is 3.04 bits per heavy atom. The van der Waals surface area contributed by atoms with Crippen LogP contribution in [0.1, 0.15) is 38.3 Å². The zero-order valence-electron chi connectivity index (χ0n) is 13.7. The van der Waals surface area contributed by atoms with E-state index in [-0.39, 0.29) is 11.8 Å². The quantitative estimate of drug-likeness (QED) is 0.875. The number of hydrogen-bond acceptors (Lipinski definition) is 6. The number of carbonyl (C=O) groups is 1. The maximum Gasteiger partial charge on any atom is 0.231 e. The normalized spacial score (nSPS) is 29.4. The van der Waals surface area contributed by atoms with Crippen LogP contribution < -0.4 is 11.1 Å². The summed E-state index contributed by atoms with van der Waals surface area (Å²) < 4.78 is 5.35. The lowest BCUT2D eigenvalue weighted by atomic mass is 9.74. The average Bonchev–Trinajstić information content (AvgIpc) is 2.94. The monoisotopic (exact) mass is 338 g/mol. The zero-order chi connectivity index (χ0) is 16.3. The van der Waals surface area contributed by atoms with Gasteiger partial charge in [-0.2, -0.15) is 0 Å². The maximum absolute atomic E-state index is 12.5. The molecule has 3 N–H and O–H groups in total. The molecule has 1 saturated carbocycles. The largest absolute Gasteiger partial charge is 0.379 e. The fraction of sp³-hybridized carbons (Fsp3) is 0.750. The van der Waals surface area contributed by atoms with Gasteiger partial charge in [-0.05, 0) is 19.8 Å². The van der Waals surface area contributed by atoms with Gasteiger partial charge in [-0.15, -0.1) is 11.3 Å². The fourth-order valence-corrected chi connectivity index (χ4v) is 4.11. The molecular weight excluding hydrogens is 312 g/mol. The third kappa shape index (κ3) is 4.29. The molecule has 2 unspecified atom stereocenters. The Morgan fingerprint density at radius 1 is 1.52 bits per heavy atom. The van der Waals surface area contributed by atoms with Crippen molar-refractivity contribution in [3.8, 4) is 0 Å². The van der Waals surface area contributed by atoms with E-state index in [0.717, 1.165) is 64.2 Å². The Bertz CT molecular complexity index is 540. The van der Waals surface area contributed by atoms with Crippen molar-refractivity contribution in [3.05, 3.63) is 11.1 Å². The Morgan fingerprint density at radius 2 is 2.30 bits per heavy atom. The first-order valence-electron chi connectivity index (χ1n) is 8.39. The van der Waals surface area contributed by atoms with Crippen LogP contribution in [0.15, 0.2) is 5.38 Å². The van der Waals surface area contributed by atoms with Crippen molar-refractivity contribution >= 4 is 22.4 Å². The van der Waals surface area contributed by atoms with E-state index >= 15 is 0 Å². The number of anilines is 1. The molecule has 1 amide bonds. The standard InChI is InChI=1S/C16H26N4O2S/c1-16(17)5-3-2-4-13(16)14(21)19-15-18-12(11-23-15)10-20-6-8-22-9-7-20/h11,13H,2-10,17H2,1H3,(H,18,19,21). The second-order valence-corrected chi connectivity index (χ2v) is 7.68. The van der Waals surface area contributed by atoms with Crippen LogP contribution in [0.25, 0.3) is 0 Å². The molecule has 2 heterocycles. The minimum absolute atomic E-state index is 0.0157. The van der Waals surface area contributed by atoms with Crippen molar-refractivity contribution < 1.29 is 9.53 Å². The topological polar surface area (TPSA) is 80.5 Å². The number of morpholine rings is 1. The number of thiazole rings is 1. The molecule has 0 bridgehead atoms. The van der Waals surface area contributed by atoms with Crippen LogP contribution in [0.3, 0.4) is 0 Å². The number of amides is 1. The van der Waals surface area contributed by atoms with E-state index in [1.165, 1.54) is 11.3 Å². The van der Waals surface area contributed by atoms with Gasteiger partial charge < -0.3 is 15.8 Å². The van der Waals surface area contributed by atoms with Crippen LogP contribution in [0.4, 0.5) is 5.13 Å². The van der Waals surface area contributed by atoms with Gasteiger partial charge in [0.25, 0.3) is 0 Å². The summed E-state index contributed by atoms with van der Waals surface area (Å²) in [6.45, 7) is 6.24. The fourth-order valence-electron chi connectivity index (χ4n) is 3.41. The molecule has 23 heavy (non-hydrogen) atoms. The first kappa shape index (κ1) is 16.8. The Balaban J connectivity index is 1.56. The number of carbonyl (C=O) groups excluding carboxylic acids is 1. The molecule has 0 radical (unpaired) electrons. The second-order valence-electron chi connectivity index (χ2n) is 6.83. The highest BCUT2D eigenvalue weighted by Crippen LogP contribution is 2.32. The van der Waals surface area contributed by atoms with Gasteiger partial charge >= 0.3 is 0 Å². The second kappa shape index (κ2) is 7.25. The Labute approximate surface area is 141 Å². The predicted molar refractivity (Wildman–Crippen MR) is 91.4 cm³/mol. The molecule has 7 heteroatoms. The van der Waals surface area contributed by atoms with Crippen LogP contribution in [0.2, 0.25) is 0 Å². The Kier molecular flexibility index (Phi) is 5.31. The highest BCUT2D eigenvalue weighted by atomic mass is 32.1. The molecule has 6 nitrogen and oxygen atoms in total. The SMILES string of the molecule is CC1(N)CCCCC1C(=O)Nc1nc(CN2CCOCC2)cs1. The predicted octanol–water partition coefficient (Wildman–Crippen LogP) is 1.82. The molecule has 0 aromatic carbocycles. The number of nitrogens with zero attached hydrogens (tertiary/aromatic N) is 2. The van der Waals surface area contributed by atoms with Crippen molar-refractivity contribution in [2.45, 2.75) is 44.7 Å². The summed E-state index contributed by atoms with van der Waals surface area (Å²) >= 11 is 1.49. The van der Waals surface area contributed by atoms with Gasteiger partial charge in [0.2, 0.25) is 5.91 Å². The molecule has 1 aliphatic heterocycles.